The van der Waals surface area contributed by atoms with E-state index < -0.39 is 0 Å². The summed E-state index contributed by atoms with van der Waals surface area (Å²) in [5.41, 5.74) is 0.635. The molecule has 96 valence electrons. The average molecular weight is 268 g/mol. The quantitative estimate of drug-likeness (QED) is 0.841. The highest BCUT2D eigenvalue weighted by molar-refractivity contribution is 7.17. The van der Waals surface area contributed by atoms with Crippen molar-refractivity contribution >= 4 is 22.4 Å². The van der Waals surface area contributed by atoms with E-state index in [4.69, 9.17) is 4.52 Å². The first-order valence-corrected chi connectivity index (χ1v) is 6.00. The van der Waals surface area contributed by atoms with E-state index in [9.17, 15) is 4.79 Å². The molecule has 1 N–H and O–H groups in total. The summed E-state index contributed by atoms with van der Waals surface area (Å²) < 4.78 is 9.61. The number of aromatic nitrogens is 3. The van der Waals surface area contributed by atoms with Gasteiger partial charge in [0.1, 0.15) is 4.88 Å². The minimum atomic E-state index is -0.383. The van der Waals surface area contributed by atoms with Crippen LogP contribution in [0.5, 0.6) is 0 Å². The number of anilines is 1. The van der Waals surface area contributed by atoms with Gasteiger partial charge in [0.2, 0.25) is 5.89 Å². The van der Waals surface area contributed by atoms with Gasteiger partial charge in [-0.05, 0) is 13.8 Å². The Morgan fingerprint density at radius 1 is 1.44 bits per heavy atom. The predicted octanol–water partition coefficient (Wildman–Crippen LogP) is 1.54. The lowest BCUT2D eigenvalue weighted by Gasteiger charge is -1.96. The molecular weight excluding hydrogens is 256 g/mol. The number of nitrogens with zero attached hydrogens (tertiary/aromatic N) is 3. The summed E-state index contributed by atoms with van der Waals surface area (Å²) in [4.78, 5) is 20.2. The molecule has 0 aliphatic heterocycles. The number of hydrogen-bond donors (Lipinski definition) is 1. The van der Waals surface area contributed by atoms with Gasteiger partial charge in [0.05, 0.1) is 19.3 Å². The van der Waals surface area contributed by atoms with Crippen LogP contribution < -0.4 is 5.32 Å². The van der Waals surface area contributed by atoms with Crippen molar-refractivity contribution in [3.05, 3.63) is 22.3 Å². The van der Waals surface area contributed by atoms with Crippen LogP contribution in [0.25, 0.3) is 0 Å². The largest absolute Gasteiger partial charge is 0.465 e. The lowest BCUT2D eigenvalue weighted by molar-refractivity contribution is 0.0605. The molecule has 2 heterocycles. The Morgan fingerprint density at radius 2 is 2.22 bits per heavy atom. The van der Waals surface area contributed by atoms with Crippen LogP contribution in [0.4, 0.5) is 5.13 Å². The molecular formula is C10H12N4O3S. The van der Waals surface area contributed by atoms with Crippen molar-refractivity contribution in [2.24, 2.45) is 0 Å². The first-order valence-electron chi connectivity index (χ1n) is 5.19. The third-order valence-corrected chi connectivity index (χ3v) is 3.22. The van der Waals surface area contributed by atoms with Crippen LogP contribution in [0.15, 0.2) is 4.52 Å². The molecule has 0 aliphatic rings. The monoisotopic (exact) mass is 268 g/mol. The van der Waals surface area contributed by atoms with Crippen molar-refractivity contribution in [3.63, 3.8) is 0 Å². The maximum absolute atomic E-state index is 11.4. The smallest absolute Gasteiger partial charge is 0.350 e. The minimum Gasteiger partial charge on any atom is -0.465 e. The van der Waals surface area contributed by atoms with Crippen molar-refractivity contribution in [1.29, 1.82) is 0 Å². The lowest BCUT2D eigenvalue weighted by atomic mass is 10.4. The Kier molecular flexibility index (Phi) is 3.56. The topological polar surface area (TPSA) is 90.1 Å². The summed E-state index contributed by atoms with van der Waals surface area (Å²) in [5, 5.41) is 7.31. The van der Waals surface area contributed by atoms with E-state index in [1.54, 1.807) is 13.8 Å². The Bertz CT molecular complexity index is 563. The summed E-state index contributed by atoms with van der Waals surface area (Å²) >= 11 is 1.23. The summed E-state index contributed by atoms with van der Waals surface area (Å²) in [5.74, 6) is 0.670. The van der Waals surface area contributed by atoms with Crippen LogP contribution in [-0.2, 0) is 11.3 Å². The Balaban J connectivity index is 2.04. The molecule has 2 rings (SSSR count). The third kappa shape index (κ3) is 2.65. The van der Waals surface area contributed by atoms with Crippen molar-refractivity contribution in [2.45, 2.75) is 20.4 Å². The summed E-state index contributed by atoms with van der Waals surface area (Å²) in [7, 11) is 1.34. The number of methoxy groups -OCH3 is 1. The number of aryl methyl sites for hydroxylation is 2. The number of nitrogens with one attached hydrogen (secondary N) is 1. The number of hydrogen-bond acceptors (Lipinski definition) is 8. The number of carbonyl (C=O) groups is 1. The normalized spacial score (nSPS) is 10.4. The van der Waals surface area contributed by atoms with Gasteiger partial charge in [0.25, 0.3) is 0 Å². The number of thiazole rings is 1. The Hall–Kier alpha value is -1.96. The van der Waals surface area contributed by atoms with Crippen LogP contribution in [0.1, 0.15) is 27.1 Å². The average Bonchev–Trinajstić information content (AvgIpc) is 2.92. The molecule has 0 radical (unpaired) electrons. The molecule has 2 aromatic rings. The van der Waals surface area contributed by atoms with Gasteiger partial charge in [-0.2, -0.15) is 4.98 Å². The zero-order valence-electron chi connectivity index (χ0n) is 10.2. The van der Waals surface area contributed by atoms with Crippen LogP contribution in [0, 0.1) is 13.8 Å². The second-order valence-corrected chi connectivity index (χ2v) is 4.51. The fourth-order valence-electron chi connectivity index (χ4n) is 1.32. The van der Waals surface area contributed by atoms with E-state index in [0.29, 0.717) is 34.0 Å². The van der Waals surface area contributed by atoms with Gasteiger partial charge in [-0.1, -0.05) is 16.5 Å². The minimum absolute atomic E-state index is 0.369. The van der Waals surface area contributed by atoms with Gasteiger partial charge >= 0.3 is 5.97 Å². The first kappa shape index (κ1) is 12.5. The molecule has 0 fully saturated rings. The number of carbonyl (C=O) groups excluding carboxylic acids is 1. The summed E-state index contributed by atoms with van der Waals surface area (Å²) in [6, 6.07) is 0. The van der Waals surface area contributed by atoms with Gasteiger partial charge in [-0.15, -0.1) is 0 Å². The Morgan fingerprint density at radius 3 is 2.83 bits per heavy atom. The van der Waals surface area contributed by atoms with E-state index in [1.165, 1.54) is 18.4 Å². The molecule has 2 aromatic heterocycles. The van der Waals surface area contributed by atoms with Gasteiger partial charge in [-0.3, -0.25) is 0 Å². The molecule has 0 saturated carbocycles. The number of esters is 1. The molecule has 8 heteroatoms. The molecule has 0 unspecified atom stereocenters. The number of ether oxygens (including phenoxy) is 1. The third-order valence-electron chi connectivity index (χ3n) is 2.13. The zero-order valence-corrected chi connectivity index (χ0v) is 11.0. The van der Waals surface area contributed by atoms with E-state index in [2.05, 4.69) is 25.2 Å². The second kappa shape index (κ2) is 5.13. The molecule has 0 aromatic carbocycles. The van der Waals surface area contributed by atoms with Gasteiger partial charge in [-0.25, -0.2) is 9.78 Å². The highest BCUT2D eigenvalue weighted by atomic mass is 32.1. The van der Waals surface area contributed by atoms with Crippen molar-refractivity contribution in [3.8, 4) is 0 Å². The molecule has 18 heavy (non-hydrogen) atoms. The summed E-state index contributed by atoms with van der Waals surface area (Å²) in [6.45, 7) is 3.87. The Labute approximate surface area is 107 Å². The van der Waals surface area contributed by atoms with E-state index in [1.807, 2.05) is 0 Å². The highest BCUT2D eigenvalue weighted by Crippen LogP contribution is 2.23. The van der Waals surface area contributed by atoms with Crippen molar-refractivity contribution in [1.82, 2.24) is 15.1 Å². The number of rotatable bonds is 4. The highest BCUT2D eigenvalue weighted by Gasteiger charge is 2.15. The second-order valence-electron chi connectivity index (χ2n) is 3.51. The van der Waals surface area contributed by atoms with Gasteiger partial charge in [0, 0.05) is 0 Å². The molecule has 0 atom stereocenters. The van der Waals surface area contributed by atoms with Crippen molar-refractivity contribution in [2.75, 3.05) is 12.4 Å². The lowest BCUT2D eigenvalue weighted by Crippen LogP contribution is -1.99. The standard InChI is InChI=1S/C10H12N4O3S/c1-5-8(9(15)16-3)18-10(12-5)11-4-7-13-6(2)14-17-7/h4H2,1-3H3,(H,11,12). The van der Waals surface area contributed by atoms with E-state index in [0.717, 1.165) is 0 Å². The molecule has 7 nitrogen and oxygen atoms in total. The molecule has 0 aliphatic carbocycles. The molecule has 0 amide bonds. The fraction of sp³-hybridized carbons (Fsp3) is 0.400. The van der Waals surface area contributed by atoms with Crippen LogP contribution in [0.2, 0.25) is 0 Å². The first-order chi connectivity index (χ1) is 8.60. The molecule has 0 bridgehead atoms. The maximum atomic E-state index is 11.4. The van der Waals surface area contributed by atoms with E-state index in [-0.39, 0.29) is 5.97 Å². The fourth-order valence-corrected chi connectivity index (χ4v) is 2.20. The van der Waals surface area contributed by atoms with Crippen LogP contribution in [-0.4, -0.2) is 28.2 Å². The van der Waals surface area contributed by atoms with Crippen LogP contribution >= 0.6 is 11.3 Å². The van der Waals surface area contributed by atoms with E-state index >= 15 is 0 Å². The van der Waals surface area contributed by atoms with Crippen LogP contribution in [0.3, 0.4) is 0 Å². The predicted molar refractivity (Wildman–Crippen MR) is 64.6 cm³/mol. The SMILES string of the molecule is COC(=O)c1sc(NCc2nc(C)no2)nc1C. The molecule has 0 saturated heterocycles. The zero-order chi connectivity index (χ0) is 13.1. The summed E-state index contributed by atoms with van der Waals surface area (Å²) in [6.07, 6.45) is 0. The van der Waals surface area contributed by atoms with Crippen molar-refractivity contribution < 1.29 is 14.1 Å². The van der Waals surface area contributed by atoms with Gasteiger partial charge in [0.15, 0.2) is 11.0 Å². The molecule has 0 spiro atoms. The maximum Gasteiger partial charge on any atom is 0.350 e. The van der Waals surface area contributed by atoms with Gasteiger partial charge < -0.3 is 14.6 Å².